The molecule has 0 bridgehead atoms. The van der Waals surface area contributed by atoms with Crippen molar-refractivity contribution in [3.8, 4) is 0 Å². The zero-order valence-corrected chi connectivity index (χ0v) is 8.78. The van der Waals surface area contributed by atoms with Crippen molar-refractivity contribution in [3.63, 3.8) is 0 Å². The van der Waals surface area contributed by atoms with Gasteiger partial charge in [-0.1, -0.05) is 6.92 Å². The van der Waals surface area contributed by atoms with Crippen molar-refractivity contribution in [2.45, 2.75) is 31.5 Å². The molecule has 14 heavy (non-hydrogen) atoms. The SMILES string of the molecule is CCC1COCCN1C1CNCC1O. The summed E-state index contributed by atoms with van der Waals surface area (Å²) in [7, 11) is 0. The first-order valence-electron chi connectivity index (χ1n) is 5.55. The second-order valence-electron chi connectivity index (χ2n) is 4.17. The second-order valence-corrected chi connectivity index (χ2v) is 4.17. The Morgan fingerprint density at radius 1 is 1.50 bits per heavy atom. The number of ether oxygens (including phenoxy) is 1. The molecular weight excluding hydrogens is 180 g/mol. The van der Waals surface area contributed by atoms with E-state index >= 15 is 0 Å². The summed E-state index contributed by atoms with van der Waals surface area (Å²) in [4.78, 5) is 2.41. The van der Waals surface area contributed by atoms with Gasteiger partial charge in [-0.25, -0.2) is 0 Å². The second kappa shape index (κ2) is 4.57. The quantitative estimate of drug-likeness (QED) is 0.626. The first kappa shape index (κ1) is 10.4. The van der Waals surface area contributed by atoms with Gasteiger partial charge in [-0.3, -0.25) is 4.90 Å². The molecule has 0 radical (unpaired) electrons. The Morgan fingerprint density at radius 3 is 3.00 bits per heavy atom. The normalized spacial score (nSPS) is 40.3. The fourth-order valence-electron chi connectivity index (χ4n) is 2.45. The third-order valence-electron chi connectivity index (χ3n) is 3.32. The van der Waals surface area contributed by atoms with Gasteiger partial charge >= 0.3 is 0 Å². The summed E-state index contributed by atoms with van der Waals surface area (Å²) in [5.41, 5.74) is 0. The van der Waals surface area contributed by atoms with Crippen molar-refractivity contribution < 1.29 is 9.84 Å². The van der Waals surface area contributed by atoms with Gasteiger partial charge in [0.1, 0.15) is 0 Å². The molecule has 2 heterocycles. The summed E-state index contributed by atoms with van der Waals surface area (Å²) < 4.78 is 5.45. The summed E-state index contributed by atoms with van der Waals surface area (Å²) in [6.45, 7) is 6.42. The van der Waals surface area contributed by atoms with Crippen molar-refractivity contribution in [2.24, 2.45) is 0 Å². The Hall–Kier alpha value is -0.160. The molecule has 0 aromatic rings. The van der Waals surface area contributed by atoms with Crippen LogP contribution < -0.4 is 5.32 Å². The van der Waals surface area contributed by atoms with E-state index in [-0.39, 0.29) is 6.10 Å². The summed E-state index contributed by atoms with van der Waals surface area (Å²) in [6.07, 6.45) is 0.894. The van der Waals surface area contributed by atoms with Gasteiger partial charge in [-0.15, -0.1) is 0 Å². The van der Waals surface area contributed by atoms with Crippen LogP contribution >= 0.6 is 0 Å². The average Bonchev–Trinajstić information content (AvgIpc) is 2.64. The number of aliphatic hydroxyl groups excluding tert-OH is 1. The highest BCUT2D eigenvalue weighted by Gasteiger charge is 2.35. The maximum absolute atomic E-state index is 9.81. The van der Waals surface area contributed by atoms with E-state index < -0.39 is 0 Å². The van der Waals surface area contributed by atoms with Crippen LogP contribution in [0.3, 0.4) is 0 Å². The van der Waals surface area contributed by atoms with Crippen molar-refractivity contribution in [1.82, 2.24) is 10.2 Å². The zero-order chi connectivity index (χ0) is 9.97. The van der Waals surface area contributed by atoms with Crippen LogP contribution in [0, 0.1) is 0 Å². The van der Waals surface area contributed by atoms with Crippen LogP contribution in [0.25, 0.3) is 0 Å². The molecule has 2 fully saturated rings. The van der Waals surface area contributed by atoms with Crippen LogP contribution in [0.4, 0.5) is 0 Å². The number of β-amino-alcohol motifs (C(OH)–C–C–N with tert-alkyl or cyclic N) is 1. The van der Waals surface area contributed by atoms with Crippen LogP contribution in [0.15, 0.2) is 0 Å². The lowest BCUT2D eigenvalue weighted by atomic mass is 10.1. The summed E-state index contributed by atoms with van der Waals surface area (Å²) >= 11 is 0. The van der Waals surface area contributed by atoms with E-state index in [1.54, 1.807) is 0 Å². The Kier molecular flexibility index (Phi) is 3.38. The standard InChI is InChI=1S/C10H20N2O2/c1-2-8-7-14-4-3-12(8)9-5-11-6-10(9)13/h8-11,13H,2-7H2,1H3. The number of morpholine rings is 1. The van der Waals surface area contributed by atoms with Crippen molar-refractivity contribution in [2.75, 3.05) is 32.8 Å². The number of hydrogen-bond acceptors (Lipinski definition) is 4. The molecule has 2 N–H and O–H groups in total. The van der Waals surface area contributed by atoms with Crippen LogP contribution in [0.5, 0.6) is 0 Å². The van der Waals surface area contributed by atoms with Crippen LogP contribution in [-0.2, 0) is 4.74 Å². The number of nitrogens with one attached hydrogen (secondary N) is 1. The Bertz CT molecular complexity index is 189. The molecule has 0 aliphatic carbocycles. The van der Waals surface area contributed by atoms with E-state index in [4.69, 9.17) is 4.74 Å². The minimum atomic E-state index is -0.206. The van der Waals surface area contributed by atoms with Crippen molar-refractivity contribution in [1.29, 1.82) is 0 Å². The molecule has 3 atom stereocenters. The molecule has 0 aromatic heterocycles. The van der Waals surface area contributed by atoms with Gasteiger partial charge in [0.05, 0.1) is 19.3 Å². The number of aliphatic hydroxyl groups is 1. The van der Waals surface area contributed by atoms with Crippen LogP contribution in [0.1, 0.15) is 13.3 Å². The van der Waals surface area contributed by atoms with Gasteiger partial charge in [0.15, 0.2) is 0 Å². The Balaban J connectivity index is 1.99. The smallest absolute Gasteiger partial charge is 0.0831 e. The monoisotopic (exact) mass is 200 g/mol. The van der Waals surface area contributed by atoms with E-state index in [0.717, 1.165) is 39.3 Å². The van der Waals surface area contributed by atoms with Crippen LogP contribution in [-0.4, -0.2) is 61.0 Å². The molecule has 4 nitrogen and oxygen atoms in total. The molecular formula is C10H20N2O2. The lowest BCUT2D eigenvalue weighted by Crippen LogP contribution is -2.54. The van der Waals surface area contributed by atoms with Gasteiger partial charge < -0.3 is 15.2 Å². The molecule has 0 amide bonds. The molecule has 2 aliphatic heterocycles. The highest BCUT2D eigenvalue weighted by molar-refractivity contribution is 4.92. The molecule has 2 aliphatic rings. The van der Waals surface area contributed by atoms with E-state index in [0.29, 0.717) is 12.1 Å². The van der Waals surface area contributed by atoms with Gasteiger partial charge in [-0.2, -0.15) is 0 Å². The Labute approximate surface area is 85.2 Å². The fraction of sp³-hybridized carbons (Fsp3) is 1.00. The molecule has 3 unspecified atom stereocenters. The molecule has 0 aromatic carbocycles. The topological polar surface area (TPSA) is 44.7 Å². The highest BCUT2D eigenvalue weighted by Crippen LogP contribution is 2.18. The largest absolute Gasteiger partial charge is 0.390 e. The van der Waals surface area contributed by atoms with Gasteiger partial charge in [0.2, 0.25) is 0 Å². The minimum absolute atomic E-state index is 0.206. The van der Waals surface area contributed by atoms with Crippen molar-refractivity contribution in [3.05, 3.63) is 0 Å². The highest BCUT2D eigenvalue weighted by atomic mass is 16.5. The predicted octanol–water partition coefficient (Wildman–Crippen LogP) is -0.570. The van der Waals surface area contributed by atoms with E-state index in [9.17, 15) is 5.11 Å². The first-order chi connectivity index (χ1) is 6.83. The molecule has 4 heteroatoms. The van der Waals surface area contributed by atoms with E-state index in [1.807, 2.05) is 0 Å². The average molecular weight is 200 g/mol. The molecule has 82 valence electrons. The third kappa shape index (κ3) is 1.93. The predicted molar refractivity (Wildman–Crippen MR) is 54.3 cm³/mol. The molecule has 2 saturated heterocycles. The lowest BCUT2D eigenvalue weighted by molar-refractivity contribution is -0.0473. The first-order valence-corrected chi connectivity index (χ1v) is 5.55. The van der Waals surface area contributed by atoms with Crippen molar-refractivity contribution >= 4 is 0 Å². The molecule has 0 spiro atoms. The number of nitrogens with zero attached hydrogens (tertiary/aromatic N) is 1. The van der Waals surface area contributed by atoms with E-state index in [2.05, 4.69) is 17.1 Å². The maximum Gasteiger partial charge on any atom is 0.0831 e. The van der Waals surface area contributed by atoms with Gasteiger partial charge in [-0.05, 0) is 6.42 Å². The maximum atomic E-state index is 9.81. The minimum Gasteiger partial charge on any atom is -0.390 e. The third-order valence-corrected chi connectivity index (χ3v) is 3.32. The zero-order valence-electron chi connectivity index (χ0n) is 8.78. The Morgan fingerprint density at radius 2 is 2.36 bits per heavy atom. The summed E-state index contributed by atoms with van der Waals surface area (Å²) in [5.74, 6) is 0. The summed E-state index contributed by atoms with van der Waals surface area (Å²) in [6, 6.07) is 0.784. The number of rotatable bonds is 2. The lowest BCUT2D eigenvalue weighted by Gasteiger charge is -2.40. The van der Waals surface area contributed by atoms with Gasteiger partial charge in [0, 0.05) is 31.7 Å². The molecule has 0 saturated carbocycles. The number of hydrogen-bond donors (Lipinski definition) is 2. The molecule has 2 rings (SSSR count). The van der Waals surface area contributed by atoms with Crippen LogP contribution in [0.2, 0.25) is 0 Å². The summed E-state index contributed by atoms with van der Waals surface area (Å²) in [5, 5.41) is 13.0. The van der Waals surface area contributed by atoms with Gasteiger partial charge in [0.25, 0.3) is 0 Å². The fourth-order valence-corrected chi connectivity index (χ4v) is 2.45. The van der Waals surface area contributed by atoms with E-state index in [1.165, 1.54) is 0 Å².